The molecule has 1 aliphatic rings. The second kappa shape index (κ2) is 7.24. The maximum Gasteiger partial charge on any atom is 0.313 e. The average molecular weight is 370 g/mol. The number of aliphatic carboxylic acids is 1. The van der Waals surface area contributed by atoms with E-state index < -0.39 is 11.4 Å². The summed E-state index contributed by atoms with van der Waals surface area (Å²) in [5.41, 5.74) is 0.119. The molecule has 1 N–H and O–H groups in total. The van der Waals surface area contributed by atoms with Crippen molar-refractivity contribution in [2.24, 2.45) is 5.41 Å². The third-order valence-electron chi connectivity index (χ3n) is 4.15. The first-order chi connectivity index (χ1) is 10.5. The van der Waals surface area contributed by atoms with Gasteiger partial charge in [0.1, 0.15) is 5.41 Å². The Morgan fingerprint density at radius 1 is 1.41 bits per heavy atom. The van der Waals surface area contributed by atoms with Crippen LogP contribution in [0.4, 0.5) is 0 Å². The molecule has 1 unspecified atom stereocenters. The molecule has 1 aromatic rings. The monoisotopic (exact) mass is 369 g/mol. The Morgan fingerprint density at radius 3 is 2.77 bits per heavy atom. The van der Waals surface area contributed by atoms with Gasteiger partial charge < -0.3 is 14.7 Å². The molecular weight excluding hydrogens is 350 g/mol. The van der Waals surface area contributed by atoms with Crippen LogP contribution in [0.1, 0.15) is 18.4 Å². The molecule has 1 saturated heterocycles. The summed E-state index contributed by atoms with van der Waals surface area (Å²) < 4.78 is 6.03. The fraction of sp³-hybridized carbons (Fsp3) is 0.500. The highest BCUT2D eigenvalue weighted by atomic mass is 79.9. The Morgan fingerprint density at radius 2 is 2.14 bits per heavy atom. The standard InChI is InChI=1S/C16H20BrNO4/c1-22-11-16(15(20)21)8-9-18(10-16)14(19)7-6-12-4-2-3-5-13(12)17/h2-5H,6-11H2,1H3,(H,20,21). The number of hydrogen-bond donors (Lipinski definition) is 1. The first-order valence-electron chi connectivity index (χ1n) is 7.22. The number of ether oxygens (including phenoxy) is 1. The van der Waals surface area contributed by atoms with Crippen molar-refractivity contribution in [3.63, 3.8) is 0 Å². The van der Waals surface area contributed by atoms with Gasteiger partial charge in [0.2, 0.25) is 5.91 Å². The van der Waals surface area contributed by atoms with Gasteiger partial charge in [0.05, 0.1) is 6.61 Å². The lowest BCUT2D eigenvalue weighted by molar-refractivity contribution is -0.151. The lowest BCUT2D eigenvalue weighted by Gasteiger charge is -2.23. The number of carbonyl (C=O) groups excluding carboxylic acids is 1. The van der Waals surface area contributed by atoms with Gasteiger partial charge in [0.25, 0.3) is 0 Å². The highest BCUT2D eigenvalue weighted by molar-refractivity contribution is 9.10. The molecule has 1 amide bonds. The lowest BCUT2D eigenvalue weighted by Crippen LogP contribution is -2.40. The maximum absolute atomic E-state index is 12.3. The van der Waals surface area contributed by atoms with Gasteiger partial charge in [0.15, 0.2) is 0 Å². The molecule has 0 saturated carbocycles. The van der Waals surface area contributed by atoms with E-state index >= 15 is 0 Å². The summed E-state index contributed by atoms with van der Waals surface area (Å²) in [5, 5.41) is 9.41. The van der Waals surface area contributed by atoms with E-state index in [0.29, 0.717) is 25.8 Å². The van der Waals surface area contributed by atoms with Gasteiger partial charge in [-0.2, -0.15) is 0 Å². The summed E-state index contributed by atoms with van der Waals surface area (Å²) in [7, 11) is 1.49. The number of carboxylic acid groups (broad SMARTS) is 1. The van der Waals surface area contributed by atoms with Crippen molar-refractivity contribution in [1.82, 2.24) is 4.90 Å². The Kier molecular flexibility index (Phi) is 5.58. The summed E-state index contributed by atoms with van der Waals surface area (Å²) in [4.78, 5) is 25.4. The molecule has 120 valence electrons. The molecule has 1 aromatic carbocycles. The Bertz CT molecular complexity index is 563. The highest BCUT2D eigenvalue weighted by Gasteiger charge is 2.46. The number of hydrogen-bond acceptors (Lipinski definition) is 3. The van der Waals surface area contributed by atoms with E-state index in [2.05, 4.69) is 15.9 Å². The third-order valence-corrected chi connectivity index (χ3v) is 4.92. The van der Waals surface area contributed by atoms with Crippen LogP contribution in [0, 0.1) is 5.41 Å². The van der Waals surface area contributed by atoms with E-state index in [9.17, 15) is 14.7 Å². The van der Waals surface area contributed by atoms with Crippen LogP contribution >= 0.6 is 15.9 Å². The molecule has 0 aromatic heterocycles. The SMILES string of the molecule is COCC1(C(=O)O)CCN(C(=O)CCc2ccccc2Br)C1. The zero-order chi connectivity index (χ0) is 16.2. The fourth-order valence-corrected chi connectivity index (χ4v) is 3.30. The number of carboxylic acids is 1. The summed E-state index contributed by atoms with van der Waals surface area (Å²) in [6, 6.07) is 7.80. The third kappa shape index (κ3) is 3.67. The first kappa shape index (κ1) is 17.0. The van der Waals surface area contributed by atoms with Gasteiger partial charge in [-0.15, -0.1) is 0 Å². The van der Waals surface area contributed by atoms with E-state index in [-0.39, 0.29) is 19.1 Å². The molecule has 0 radical (unpaired) electrons. The number of aryl methyl sites for hydroxylation is 1. The summed E-state index contributed by atoms with van der Waals surface area (Å²) in [6.07, 6.45) is 1.46. The van der Waals surface area contributed by atoms with Crippen molar-refractivity contribution < 1.29 is 19.4 Å². The lowest BCUT2D eigenvalue weighted by atomic mass is 9.88. The number of rotatable bonds is 6. The molecule has 22 heavy (non-hydrogen) atoms. The minimum atomic E-state index is -0.961. The molecule has 1 atom stereocenters. The van der Waals surface area contributed by atoms with Crippen LogP contribution in [-0.4, -0.2) is 48.7 Å². The van der Waals surface area contributed by atoms with Crippen molar-refractivity contribution in [2.75, 3.05) is 26.8 Å². The number of nitrogens with zero attached hydrogens (tertiary/aromatic N) is 1. The predicted molar refractivity (Wildman–Crippen MR) is 85.6 cm³/mol. The van der Waals surface area contributed by atoms with Gasteiger partial charge in [0, 0.05) is 31.1 Å². The largest absolute Gasteiger partial charge is 0.481 e. The molecule has 1 heterocycles. The van der Waals surface area contributed by atoms with Crippen molar-refractivity contribution in [1.29, 1.82) is 0 Å². The Labute approximate surface area is 138 Å². The van der Waals surface area contributed by atoms with Gasteiger partial charge in [-0.25, -0.2) is 0 Å². The minimum absolute atomic E-state index is 0.00465. The quantitative estimate of drug-likeness (QED) is 0.835. The van der Waals surface area contributed by atoms with Crippen molar-refractivity contribution in [3.8, 4) is 0 Å². The second-order valence-corrected chi connectivity index (χ2v) is 6.53. The van der Waals surface area contributed by atoms with Crippen LogP contribution in [0.25, 0.3) is 0 Å². The van der Waals surface area contributed by atoms with Gasteiger partial charge >= 0.3 is 5.97 Å². The number of amides is 1. The van der Waals surface area contributed by atoms with Crippen LogP contribution < -0.4 is 0 Å². The first-order valence-corrected chi connectivity index (χ1v) is 8.01. The number of likely N-dealkylation sites (tertiary alicyclic amines) is 1. The van der Waals surface area contributed by atoms with Crippen LogP contribution in [0.2, 0.25) is 0 Å². The van der Waals surface area contributed by atoms with Crippen molar-refractivity contribution in [2.45, 2.75) is 19.3 Å². The van der Waals surface area contributed by atoms with E-state index in [1.165, 1.54) is 7.11 Å². The average Bonchev–Trinajstić information content (AvgIpc) is 2.92. The summed E-state index contributed by atoms with van der Waals surface area (Å²) in [5.74, 6) is -0.898. The molecule has 0 aliphatic carbocycles. The Balaban J connectivity index is 1.94. The molecule has 0 bridgehead atoms. The fourth-order valence-electron chi connectivity index (χ4n) is 2.82. The molecule has 6 heteroatoms. The summed E-state index contributed by atoms with van der Waals surface area (Å²) >= 11 is 3.47. The smallest absolute Gasteiger partial charge is 0.313 e. The topological polar surface area (TPSA) is 66.8 Å². The molecular formula is C16H20BrNO4. The van der Waals surface area contributed by atoms with Crippen LogP contribution in [-0.2, 0) is 20.7 Å². The van der Waals surface area contributed by atoms with E-state index in [1.807, 2.05) is 24.3 Å². The second-order valence-electron chi connectivity index (χ2n) is 5.68. The normalized spacial score (nSPS) is 21.1. The minimum Gasteiger partial charge on any atom is -0.481 e. The van der Waals surface area contributed by atoms with E-state index in [0.717, 1.165) is 10.0 Å². The highest BCUT2D eigenvalue weighted by Crippen LogP contribution is 2.31. The number of halogens is 1. The van der Waals surface area contributed by atoms with Gasteiger partial charge in [-0.05, 0) is 24.5 Å². The number of carbonyl (C=O) groups is 2. The van der Waals surface area contributed by atoms with E-state index in [1.54, 1.807) is 4.90 Å². The zero-order valence-electron chi connectivity index (χ0n) is 12.5. The summed E-state index contributed by atoms with van der Waals surface area (Å²) in [6.45, 7) is 0.839. The molecule has 1 aliphatic heterocycles. The molecule has 0 spiro atoms. The predicted octanol–water partition coefficient (Wildman–Crippen LogP) is 2.33. The Hall–Kier alpha value is -1.40. The molecule has 1 fully saturated rings. The number of methoxy groups -OCH3 is 1. The maximum atomic E-state index is 12.3. The van der Waals surface area contributed by atoms with Crippen molar-refractivity contribution >= 4 is 27.8 Å². The zero-order valence-corrected chi connectivity index (χ0v) is 14.1. The van der Waals surface area contributed by atoms with Crippen molar-refractivity contribution in [3.05, 3.63) is 34.3 Å². The van der Waals surface area contributed by atoms with Crippen LogP contribution in [0.3, 0.4) is 0 Å². The molecule has 2 rings (SSSR count). The number of benzene rings is 1. The van der Waals surface area contributed by atoms with Crippen LogP contribution in [0.5, 0.6) is 0 Å². The van der Waals surface area contributed by atoms with Gasteiger partial charge in [-0.1, -0.05) is 34.1 Å². The molecule has 5 nitrogen and oxygen atoms in total. The van der Waals surface area contributed by atoms with Gasteiger partial charge in [-0.3, -0.25) is 9.59 Å². The van der Waals surface area contributed by atoms with E-state index in [4.69, 9.17) is 4.74 Å². The van der Waals surface area contributed by atoms with Crippen LogP contribution in [0.15, 0.2) is 28.7 Å².